The molecule has 1 aromatic heterocycles. The Balaban J connectivity index is 2.21. The van der Waals surface area contributed by atoms with Gasteiger partial charge in [0, 0.05) is 6.42 Å². The molecule has 1 heterocycles. The lowest BCUT2D eigenvalue weighted by molar-refractivity contribution is -0.138. The highest BCUT2D eigenvalue weighted by Crippen LogP contribution is 2.23. The molecule has 2 rings (SSSR count). The SMILES string of the molecule is CCc1nsc(C(Cc2ccc(C)cc2)C(=O)O)n1. The third kappa shape index (κ3) is 3.38. The highest BCUT2D eigenvalue weighted by molar-refractivity contribution is 7.05. The van der Waals surface area contributed by atoms with Crippen LogP contribution in [0.1, 0.15) is 34.8 Å². The topological polar surface area (TPSA) is 63.1 Å². The first kappa shape index (κ1) is 13.7. The maximum Gasteiger partial charge on any atom is 0.313 e. The fraction of sp³-hybridized carbons (Fsp3) is 0.357. The number of carbonyl (C=O) groups is 1. The Morgan fingerprint density at radius 3 is 2.58 bits per heavy atom. The zero-order chi connectivity index (χ0) is 13.8. The summed E-state index contributed by atoms with van der Waals surface area (Å²) < 4.78 is 4.16. The van der Waals surface area contributed by atoms with Crippen LogP contribution in [0.3, 0.4) is 0 Å². The van der Waals surface area contributed by atoms with E-state index in [4.69, 9.17) is 0 Å². The molecular formula is C14H16N2O2S. The average molecular weight is 276 g/mol. The van der Waals surface area contributed by atoms with Crippen LogP contribution < -0.4 is 0 Å². The Kier molecular flexibility index (Phi) is 4.27. The molecule has 1 atom stereocenters. The minimum atomic E-state index is -0.848. The van der Waals surface area contributed by atoms with Crippen molar-refractivity contribution in [1.29, 1.82) is 0 Å². The van der Waals surface area contributed by atoms with Gasteiger partial charge in [0.15, 0.2) is 0 Å². The number of carboxylic acids is 1. The molecule has 5 heteroatoms. The summed E-state index contributed by atoms with van der Waals surface area (Å²) in [6, 6.07) is 7.91. The maximum atomic E-state index is 11.4. The van der Waals surface area contributed by atoms with Crippen LogP contribution >= 0.6 is 11.5 Å². The molecule has 0 fully saturated rings. The van der Waals surface area contributed by atoms with Crippen molar-refractivity contribution in [2.75, 3.05) is 0 Å². The van der Waals surface area contributed by atoms with Crippen molar-refractivity contribution in [2.24, 2.45) is 0 Å². The van der Waals surface area contributed by atoms with Gasteiger partial charge in [-0.05, 0) is 30.4 Å². The Morgan fingerprint density at radius 1 is 1.37 bits per heavy atom. The Hall–Kier alpha value is -1.75. The van der Waals surface area contributed by atoms with E-state index in [1.165, 1.54) is 17.1 Å². The average Bonchev–Trinajstić information content (AvgIpc) is 2.86. The number of nitrogens with zero attached hydrogens (tertiary/aromatic N) is 2. The second-order valence-corrected chi connectivity index (χ2v) is 5.27. The summed E-state index contributed by atoms with van der Waals surface area (Å²) in [6.07, 6.45) is 1.18. The van der Waals surface area contributed by atoms with Gasteiger partial charge in [0.25, 0.3) is 0 Å². The Bertz CT molecular complexity index is 563. The van der Waals surface area contributed by atoms with Gasteiger partial charge >= 0.3 is 5.97 Å². The number of hydrogen-bond acceptors (Lipinski definition) is 4. The molecule has 2 aromatic rings. The van der Waals surface area contributed by atoms with Crippen molar-refractivity contribution < 1.29 is 9.90 Å². The molecule has 0 spiro atoms. The lowest BCUT2D eigenvalue weighted by Crippen LogP contribution is -2.14. The molecule has 4 nitrogen and oxygen atoms in total. The highest BCUT2D eigenvalue weighted by atomic mass is 32.1. The largest absolute Gasteiger partial charge is 0.481 e. The monoisotopic (exact) mass is 276 g/mol. The predicted octanol–water partition coefficient (Wildman–Crippen LogP) is 2.82. The van der Waals surface area contributed by atoms with E-state index in [0.717, 1.165) is 17.8 Å². The number of hydrogen-bond donors (Lipinski definition) is 1. The highest BCUT2D eigenvalue weighted by Gasteiger charge is 2.24. The second-order valence-electron chi connectivity index (χ2n) is 4.48. The zero-order valence-corrected chi connectivity index (χ0v) is 11.8. The summed E-state index contributed by atoms with van der Waals surface area (Å²) in [6.45, 7) is 3.97. The van der Waals surface area contributed by atoms with E-state index in [2.05, 4.69) is 9.36 Å². The van der Waals surface area contributed by atoms with Gasteiger partial charge in [0.2, 0.25) is 0 Å². The summed E-state index contributed by atoms with van der Waals surface area (Å²) in [5, 5.41) is 9.95. The van der Waals surface area contributed by atoms with Gasteiger partial charge in [-0.1, -0.05) is 36.8 Å². The van der Waals surface area contributed by atoms with E-state index in [0.29, 0.717) is 11.4 Å². The molecule has 1 N–H and O–H groups in total. The van der Waals surface area contributed by atoms with Crippen LogP contribution in [0.2, 0.25) is 0 Å². The Labute approximate surface area is 116 Å². The van der Waals surface area contributed by atoms with E-state index in [9.17, 15) is 9.90 Å². The molecule has 0 radical (unpaired) electrons. The molecule has 100 valence electrons. The molecule has 19 heavy (non-hydrogen) atoms. The molecule has 0 amide bonds. The fourth-order valence-electron chi connectivity index (χ4n) is 1.79. The summed E-state index contributed by atoms with van der Waals surface area (Å²) in [5.41, 5.74) is 2.17. The molecule has 1 unspecified atom stereocenters. The van der Waals surface area contributed by atoms with Gasteiger partial charge in [0.05, 0.1) is 0 Å². The maximum absolute atomic E-state index is 11.4. The third-order valence-electron chi connectivity index (χ3n) is 2.96. The lowest BCUT2D eigenvalue weighted by Gasteiger charge is -2.09. The summed E-state index contributed by atoms with van der Waals surface area (Å²) >= 11 is 1.19. The molecule has 0 saturated heterocycles. The van der Waals surface area contributed by atoms with Crippen LogP contribution in [0.4, 0.5) is 0 Å². The molecule has 0 aliphatic heterocycles. The number of rotatable bonds is 5. The minimum Gasteiger partial charge on any atom is -0.481 e. The first-order chi connectivity index (χ1) is 9.10. The predicted molar refractivity (Wildman–Crippen MR) is 74.5 cm³/mol. The van der Waals surface area contributed by atoms with Gasteiger partial charge in [-0.2, -0.15) is 4.37 Å². The minimum absolute atomic E-state index is 0.452. The van der Waals surface area contributed by atoms with Crippen LogP contribution in [0.25, 0.3) is 0 Å². The van der Waals surface area contributed by atoms with Crippen molar-refractivity contribution in [3.05, 3.63) is 46.2 Å². The van der Waals surface area contributed by atoms with Gasteiger partial charge < -0.3 is 5.11 Å². The summed E-state index contributed by atoms with van der Waals surface area (Å²) in [7, 11) is 0. The zero-order valence-electron chi connectivity index (χ0n) is 11.0. The van der Waals surface area contributed by atoms with E-state index in [1.807, 2.05) is 38.1 Å². The summed E-state index contributed by atoms with van der Waals surface area (Å²) in [4.78, 5) is 15.7. The van der Waals surface area contributed by atoms with Crippen LogP contribution in [-0.4, -0.2) is 20.4 Å². The van der Waals surface area contributed by atoms with E-state index >= 15 is 0 Å². The van der Waals surface area contributed by atoms with Crippen LogP contribution in [0.15, 0.2) is 24.3 Å². The van der Waals surface area contributed by atoms with Crippen LogP contribution in [0, 0.1) is 6.92 Å². The van der Waals surface area contributed by atoms with E-state index in [1.54, 1.807) is 0 Å². The molecular weight excluding hydrogens is 260 g/mol. The van der Waals surface area contributed by atoms with Gasteiger partial charge in [-0.25, -0.2) is 4.98 Å². The van der Waals surface area contributed by atoms with Gasteiger partial charge in [-0.3, -0.25) is 4.79 Å². The smallest absolute Gasteiger partial charge is 0.313 e. The summed E-state index contributed by atoms with van der Waals surface area (Å²) in [5.74, 6) is -0.741. The molecule has 0 bridgehead atoms. The second kappa shape index (κ2) is 5.93. The standard InChI is InChI=1S/C14H16N2O2S/c1-3-12-15-13(19-16-12)11(14(17)18)8-10-6-4-9(2)5-7-10/h4-7,11H,3,8H2,1-2H3,(H,17,18). The normalized spacial score (nSPS) is 12.3. The van der Waals surface area contributed by atoms with Gasteiger partial charge in [0.1, 0.15) is 16.7 Å². The van der Waals surface area contributed by atoms with Crippen LogP contribution in [-0.2, 0) is 17.6 Å². The van der Waals surface area contributed by atoms with Crippen molar-refractivity contribution in [2.45, 2.75) is 32.6 Å². The van der Waals surface area contributed by atoms with Gasteiger partial charge in [-0.15, -0.1) is 0 Å². The molecule has 0 aliphatic rings. The number of aliphatic carboxylic acids is 1. The number of benzene rings is 1. The van der Waals surface area contributed by atoms with Crippen LogP contribution in [0.5, 0.6) is 0 Å². The molecule has 0 saturated carbocycles. The molecule has 1 aromatic carbocycles. The first-order valence-electron chi connectivity index (χ1n) is 6.21. The first-order valence-corrected chi connectivity index (χ1v) is 6.98. The lowest BCUT2D eigenvalue weighted by atomic mass is 9.99. The Morgan fingerprint density at radius 2 is 2.05 bits per heavy atom. The van der Waals surface area contributed by atoms with E-state index < -0.39 is 11.9 Å². The number of carboxylic acid groups (broad SMARTS) is 1. The third-order valence-corrected chi connectivity index (χ3v) is 3.82. The quantitative estimate of drug-likeness (QED) is 0.912. The molecule has 0 aliphatic carbocycles. The van der Waals surface area contributed by atoms with Crippen molar-refractivity contribution >= 4 is 17.5 Å². The van der Waals surface area contributed by atoms with Crippen molar-refractivity contribution in [3.63, 3.8) is 0 Å². The number of aryl methyl sites for hydroxylation is 2. The van der Waals surface area contributed by atoms with Crippen molar-refractivity contribution in [1.82, 2.24) is 9.36 Å². The van der Waals surface area contributed by atoms with Crippen molar-refractivity contribution in [3.8, 4) is 0 Å². The van der Waals surface area contributed by atoms with E-state index in [-0.39, 0.29) is 0 Å². The fourth-order valence-corrected chi connectivity index (χ4v) is 2.62. The number of aromatic nitrogens is 2.